The standard InChI is InChI=1S/C27H28N6O2/c28-25-23-14-30-26(18-7-9-21(34)10-8-18)33(23)15-22(31-25)17-3-5-19(6-4-17)27(35)32-24-13-20(11-12-29-24)16-1-2-16/h3-6,11-16,18,21,34H,1-2,7-10H2,(H2,28,31)(H,29,32,35)/t18-,21-. The summed E-state index contributed by atoms with van der Waals surface area (Å²) >= 11 is 0. The van der Waals surface area contributed by atoms with Crippen LogP contribution in [0.1, 0.15) is 72.1 Å². The van der Waals surface area contributed by atoms with E-state index in [1.807, 2.05) is 34.9 Å². The summed E-state index contributed by atoms with van der Waals surface area (Å²) in [6.45, 7) is 0. The van der Waals surface area contributed by atoms with Gasteiger partial charge in [0, 0.05) is 29.4 Å². The highest BCUT2D eigenvalue weighted by atomic mass is 16.3. The highest BCUT2D eigenvalue weighted by Crippen LogP contribution is 2.40. The number of pyridine rings is 1. The number of amides is 1. The average Bonchev–Trinajstić information content (AvgIpc) is 3.64. The summed E-state index contributed by atoms with van der Waals surface area (Å²) in [4.78, 5) is 26.3. The molecule has 3 heterocycles. The van der Waals surface area contributed by atoms with Crippen molar-refractivity contribution in [1.29, 1.82) is 0 Å². The number of carbonyl (C=O) groups is 1. The van der Waals surface area contributed by atoms with E-state index in [4.69, 9.17) is 5.73 Å². The zero-order chi connectivity index (χ0) is 23.9. The number of hydrogen-bond acceptors (Lipinski definition) is 6. The molecule has 35 heavy (non-hydrogen) atoms. The van der Waals surface area contributed by atoms with Crippen LogP contribution in [0.15, 0.2) is 55.0 Å². The lowest BCUT2D eigenvalue weighted by molar-refractivity contribution is 0.102. The van der Waals surface area contributed by atoms with E-state index < -0.39 is 0 Å². The van der Waals surface area contributed by atoms with Crippen molar-refractivity contribution in [2.75, 3.05) is 11.1 Å². The first-order chi connectivity index (χ1) is 17.0. The Morgan fingerprint density at radius 2 is 1.74 bits per heavy atom. The molecular formula is C27H28N6O2. The third-order valence-electron chi connectivity index (χ3n) is 7.16. The number of nitrogens with one attached hydrogen (secondary N) is 1. The molecule has 2 fully saturated rings. The molecule has 1 aromatic carbocycles. The number of aromatic nitrogens is 4. The Morgan fingerprint density at radius 1 is 1.00 bits per heavy atom. The van der Waals surface area contributed by atoms with Gasteiger partial charge >= 0.3 is 0 Å². The van der Waals surface area contributed by atoms with Crippen molar-refractivity contribution in [3.63, 3.8) is 0 Å². The zero-order valence-electron chi connectivity index (χ0n) is 19.4. The van der Waals surface area contributed by atoms with Crippen LogP contribution >= 0.6 is 0 Å². The third kappa shape index (κ3) is 4.37. The fraction of sp³-hybridized carbons (Fsp3) is 0.333. The summed E-state index contributed by atoms with van der Waals surface area (Å²) in [5, 5.41) is 12.8. The molecule has 2 aliphatic rings. The first-order valence-corrected chi connectivity index (χ1v) is 12.2. The van der Waals surface area contributed by atoms with Crippen molar-refractivity contribution >= 4 is 23.1 Å². The summed E-state index contributed by atoms with van der Waals surface area (Å²) in [5.74, 6) is 2.64. The van der Waals surface area contributed by atoms with Gasteiger partial charge < -0.3 is 16.2 Å². The van der Waals surface area contributed by atoms with Crippen LogP contribution in [0.3, 0.4) is 0 Å². The normalized spacial score (nSPS) is 20.1. The average molecular weight is 469 g/mol. The monoisotopic (exact) mass is 468 g/mol. The largest absolute Gasteiger partial charge is 0.393 e. The predicted molar refractivity (Wildman–Crippen MR) is 134 cm³/mol. The van der Waals surface area contributed by atoms with Gasteiger partial charge in [-0.3, -0.25) is 9.20 Å². The van der Waals surface area contributed by atoms with Crippen molar-refractivity contribution in [2.24, 2.45) is 0 Å². The van der Waals surface area contributed by atoms with Gasteiger partial charge in [0.1, 0.15) is 23.0 Å². The van der Waals surface area contributed by atoms with E-state index in [0.717, 1.165) is 48.3 Å². The van der Waals surface area contributed by atoms with E-state index in [1.54, 1.807) is 24.5 Å². The Kier molecular flexibility index (Phi) is 5.45. The maximum atomic E-state index is 12.8. The van der Waals surface area contributed by atoms with Crippen LogP contribution in [0.2, 0.25) is 0 Å². The minimum Gasteiger partial charge on any atom is -0.393 e. The number of rotatable bonds is 5. The van der Waals surface area contributed by atoms with Gasteiger partial charge in [0.15, 0.2) is 0 Å². The number of benzene rings is 1. The number of anilines is 2. The molecular weight excluding hydrogens is 440 g/mol. The molecule has 4 N–H and O–H groups in total. The smallest absolute Gasteiger partial charge is 0.256 e. The van der Waals surface area contributed by atoms with Gasteiger partial charge in [-0.2, -0.15) is 0 Å². The Morgan fingerprint density at radius 3 is 2.49 bits per heavy atom. The van der Waals surface area contributed by atoms with Crippen LogP contribution in [0.4, 0.5) is 11.6 Å². The highest BCUT2D eigenvalue weighted by molar-refractivity contribution is 6.04. The van der Waals surface area contributed by atoms with Gasteiger partial charge in [-0.05, 0) is 74.3 Å². The van der Waals surface area contributed by atoms with Crippen LogP contribution in [0.5, 0.6) is 0 Å². The number of nitrogens with two attached hydrogens (primary N) is 1. The van der Waals surface area contributed by atoms with Gasteiger partial charge in [0.2, 0.25) is 0 Å². The SMILES string of the molecule is Nc1nc(-c2ccc(C(=O)Nc3cc(C4CC4)ccn3)cc2)cn2c1cnc2[C@H]1CC[C@H](O)CC1. The van der Waals surface area contributed by atoms with E-state index in [0.29, 0.717) is 23.1 Å². The fourth-order valence-electron chi connectivity index (χ4n) is 4.98. The van der Waals surface area contributed by atoms with Gasteiger partial charge in [0.25, 0.3) is 5.91 Å². The molecule has 0 saturated heterocycles. The molecule has 8 heteroatoms. The quantitative estimate of drug-likeness (QED) is 0.396. The molecule has 8 nitrogen and oxygen atoms in total. The molecule has 0 atom stereocenters. The van der Waals surface area contributed by atoms with Crippen molar-refractivity contribution in [3.05, 3.63) is 71.9 Å². The van der Waals surface area contributed by atoms with Gasteiger partial charge in [-0.25, -0.2) is 15.0 Å². The van der Waals surface area contributed by atoms with E-state index in [-0.39, 0.29) is 17.9 Å². The molecule has 178 valence electrons. The second-order valence-electron chi connectivity index (χ2n) is 9.67. The number of aliphatic hydroxyl groups excluding tert-OH is 1. The van der Waals surface area contributed by atoms with Crippen molar-refractivity contribution in [2.45, 2.75) is 56.5 Å². The summed E-state index contributed by atoms with van der Waals surface area (Å²) in [6, 6.07) is 11.3. The maximum absolute atomic E-state index is 12.8. The number of hydrogen-bond donors (Lipinski definition) is 3. The minimum atomic E-state index is -0.214. The third-order valence-corrected chi connectivity index (χ3v) is 7.16. The molecule has 1 amide bonds. The molecule has 0 aliphatic heterocycles. The molecule has 6 rings (SSSR count). The van der Waals surface area contributed by atoms with E-state index >= 15 is 0 Å². The molecule has 3 aromatic heterocycles. The van der Waals surface area contributed by atoms with Crippen molar-refractivity contribution in [1.82, 2.24) is 19.4 Å². The Hall–Kier alpha value is -3.78. The van der Waals surface area contributed by atoms with E-state index in [2.05, 4.69) is 20.3 Å². The number of carbonyl (C=O) groups excluding carboxylic acids is 1. The second-order valence-corrected chi connectivity index (χ2v) is 9.67. The number of fused-ring (bicyclic) bond motifs is 1. The van der Waals surface area contributed by atoms with Gasteiger partial charge in [-0.1, -0.05) is 12.1 Å². The minimum absolute atomic E-state index is 0.198. The number of aliphatic hydroxyl groups is 1. The molecule has 0 radical (unpaired) electrons. The van der Waals surface area contributed by atoms with Crippen LogP contribution in [0, 0.1) is 0 Å². The molecule has 2 aliphatic carbocycles. The number of nitrogens with zero attached hydrogens (tertiary/aromatic N) is 4. The summed E-state index contributed by atoms with van der Waals surface area (Å²) in [6.07, 6.45) is 11.1. The Balaban J connectivity index is 1.23. The fourth-order valence-corrected chi connectivity index (χ4v) is 4.98. The number of nitrogen functional groups attached to an aromatic ring is 1. The zero-order valence-corrected chi connectivity index (χ0v) is 19.4. The first kappa shape index (κ1) is 21.7. The van der Waals surface area contributed by atoms with Crippen LogP contribution in [-0.2, 0) is 0 Å². The van der Waals surface area contributed by atoms with Gasteiger partial charge in [0.05, 0.1) is 18.0 Å². The van der Waals surface area contributed by atoms with Crippen LogP contribution < -0.4 is 11.1 Å². The summed E-state index contributed by atoms with van der Waals surface area (Å²) in [7, 11) is 0. The second kappa shape index (κ2) is 8.78. The molecule has 0 bridgehead atoms. The molecule has 2 saturated carbocycles. The molecule has 0 unspecified atom stereocenters. The predicted octanol–water partition coefficient (Wildman–Crippen LogP) is 4.52. The summed E-state index contributed by atoms with van der Waals surface area (Å²) in [5.41, 5.74) is 10.4. The van der Waals surface area contributed by atoms with Crippen molar-refractivity contribution < 1.29 is 9.90 Å². The van der Waals surface area contributed by atoms with Crippen LogP contribution in [0.25, 0.3) is 16.8 Å². The van der Waals surface area contributed by atoms with E-state index in [1.165, 1.54) is 18.4 Å². The van der Waals surface area contributed by atoms with Gasteiger partial charge in [-0.15, -0.1) is 0 Å². The van der Waals surface area contributed by atoms with Crippen LogP contribution in [-0.4, -0.2) is 36.5 Å². The highest BCUT2D eigenvalue weighted by Gasteiger charge is 2.25. The maximum Gasteiger partial charge on any atom is 0.256 e. The lowest BCUT2D eigenvalue weighted by atomic mass is 9.87. The first-order valence-electron chi connectivity index (χ1n) is 12.2. The summed E-state index contributed by atoms with van der Waals surface area (Å²) < 4.78 is 2.03. The Labute approximate surface area is 203 Å². The Bertz CT molecular complexity index is 1380. The molecule has 0 spiro atoms. The lowest BCUT2D eigenvalue weighted by Gasteiger charge is -2.24. The lowest BCUT2D eigenvalue weighted by Crippen LogP contribution is -2.18. The molecule has 4 aromatic rings. The van der Waals surface area contributed by atoms with E-state index in [9.17, 15) is 9.90 Å². The van der Waals surface area contributed by atoms with Crippen molar-refractivity contribution in [3.8, 4) is 11.3 Å². The topological polar surface area (TPSA) is 118 Å². The number of imidazole rings is 1.